The first kappa shape index (κ1) is 9.21. The highest BCUT2D eigenvalue weighted by atomic mass is 16.1. The van der Waals surface area contributed by atoms with Crippen molar-refractivity contribution in [2.75, 3.05) is 0 Å². The van der Waals surface area contributed by atoms with Gasteiger partial charge < -0.3 is 0 Å². The van der Waals surface area contributed by atoms with Crippen molar-refractivity contribution >= 4 is 11.9 Å². The van der Waals surface area contributed by atoms with Crippen LogP contribution in [0.4, 0.5) is 0 Å². The Morgan fingerprint density at radius 2 is 2.00 bits per heavy atom. The number of benzene rings is 1. The summed E-state index contributed by atoms with van der Waals surface area (Å²) < 4.78 is 0. The smallest absolute Gasteiger partial charge is 0.143 e. The maximum absolute atomic E-state index is 10.2. The fraction of sp³-hybridized carbons (Fsp3) is 0.0909. The van der Waals surface area contributed by atoms with Crippen LogP contribution in [0.1, 0.15) is 18.1 Å². The van der Waals surface area contributed by atoms with Gasteiger partial charge in [0, 0.05) is 0 Å². The van der Waals surface area contributed by atoms with Crippen LogP contribution in [-0.2, 0) is 4.79 Å². The van der Waals surface area contributed by atoms with E-state index in [1.807, 2.05) is 25.1 Å². The Morgan fingerprint density at radius 1 is 1.38 bits per heavy atom. The third kappa shape index (κ3) is 2.28. The summed E-state index contributed by atoms with van der Waals surface area (Å²) in [6.45, 7) is 1.86. The Balaban J connectivity index is 3.00. The lowest BCUT2D eigenvalue weighted by atomic mass is 10.1. The zero-order valence-electron chi connectivity index (χ0n) is 7.32. The van der Waals surface area contributed by atoms with Gasteiger partial charge in [0.05, 0.1) is 11.6 Å². The summed E-state index contributed by atoms with van der Waals surface area (Å²) in [5.41, 5.74) is 2.49. The van der Waals surface area contributed by atoms with Gasteiger partial charge in [-0.05, 0) is 36.3 Å². The Morgan fingerprint density at radius 3 is 2.46 bits per heavy atom. The minimum Gasteiger partial charge on any atom is -0.299 e. The molecule has 64 valence electrons. The minimum absolute atomic E-state index is 0.627. The molecular weight excluding hydrogens is 162 g/mol. The summed E-state index contributed by atoms with van der Waals surface area (Å²) in [4.78, 5) is 10.2. The molecule has 1 aromatic carbocycles. The van der Waals surface area contributed by atoms with Crippen LogP contribution in [0.3, 0.4) is 0 Å². The zero-order valence-corrected chi connectivity index (χ0v) is 7.32. The molecule has 0 saturated heterocycles. The van der Waals surface area contributed by atoms with Crippen molar-refractivity contribution in [3.05, 3.63) is 41.5 Å². The molecule has 0 aliphatic heterocycles. The summed E-state index contributed by atoms with van der Waals surface area (Å²) in [6, 6.07) is 9.16. The van der Waals surface area contributed by atoms with Crippen molar-refractivity contribution < 1.29 is 4.79 Å². The number of carbonyl (C=O) groups excluding carboxylic acids is 1. The second-order valence-corrected chi connectivity index (χ2v) is 2.67. The number of hydrogen-bond donors (Lipinski definition) is 0. The Kier molecular flexibility index (Phi) is 2.99. The first-order valence-corrected chi connectivity index (χ1v) is 3.90. The number of rotatable bonds is 2. The second-order valence-electron chi connectivity index (χ2n) is 2.67. The van der Waals surface area contributed by atoms with E-state index in [2.05, 4.69) is 0 Å². The van der Waals surface area contributed by atoms with Crippen molar-refractivity contribution in [1.82, 2.24) is 0 Å². The molecule has 0 unspecified atom stereocenters. The SMILES string of the molecule is C/C(=C/C=O)c1ccc(C#N)cc1. The van der Waals surface area contributed by atoms with Crippen LogP contribution >= 0.6 is 0 Å². The van der Waals surface area contributed by atoms with Gasteiger partial charge in [-0.3, -0.25) is 4.79 Å². The van der Waals surface area contributed by atoms with Gasteiger partial charge in [0.2, 0.25) is 0 Å². The van der Waals surface area contributed by atoms with Gasteiger partial charge in [0.25, 0.3) is 0 Å². The molecule has 0 aliphatic rings. The van der Waals surface area contributed by atoms with E-state index in [9.17, 15) is 4.79 Å². The van der Waals surface area contributed by atoms with E-state index in [0.29, 0.717) is 5.56 Å². The average Bonchev–Trinajstić information content (AvgIpc) is 2.18. The summed E-state index contributed by atoms with van der Waals surface area (Å²) in [6.07, 6.45) is 2.26. The number of aldehydes is 1. The van der Waals surface area contributed by atoms with Gasteiger partial charge in [0.1, 0.15) is 6.29 Å². The largest absolute Gasteiger partial charge is 0.299 e. The molecule has 2 heteroatoms. The fourth-order valence-electron chi connectivity index (χ4n) is 1.01. The van der Waals surface area contributed by atoms with Gasteiger partial charge in [0.15, 0.2) is 0 Å². The van der Waals surface area contributed by atoms with E-state index in [-0.39, 0.29) is 0 Å². The second kappa shape index (κ2) is 4.22. The maximum atomic E-state index is 10.2. The third-order valence-corrected chi connectivity index (χ3v) is 1.79. The van der Waals surface area contributed by atoms with Crippen LogP contribution in [0.2, 0.25) is 0 Å². The van der Waals surface area contributed by atoms with Crippen LogP contribution in [0.5, 0.6) is 0 Å². The lowest BCUT2D eigenvalue weighted by Gasteiger charge is -1.98. The average molecular weight is 171 g/mol. The molecule has 0 bridgehead atoms. The molecule has 1 aromatic rings. The highest BCUT2D eigenvalue weighted by molar-refractivity contribution is 5.80. The molecule has 0 N–H and O–H groups in total. The predicted molar refractivity (Wildman–Crippen MR) is 50.9 cm³/mol. The quantitative estimate of drug-likeness (QED) is 0.505. The normalized spacial score (nSPS) is 10.6. The van der Waals surface area contributed by atoms with E-state index >= 15 is 0 Å². The monoisotopic (exact) mass is 171 g/mol. The third-order valence-electron chi connectivity index (χ3n) is 1.79. The molecule has 0 fully saturated rings. The maximum Gasteiger partial charge on any atom is 0.143 e. The zero-order chi connectivity index (χ0) is 9.68. The predicted octanol–water partition coefficient (Wildman–Crippen LogP) is 2.16. The summed E-state index contributed by atoms with van der Waals surface area (Å²) >= 11 is 0. The summed E-state index contributed by atoms with van der Waals surface area (Å²) in [7, 11) is 0. The fourth-order valence-corrected chi connectivity index (χ4v) is 1.01. The lowest BCUT2D eigenvalue weighted by molar-refractivity contribution is -0.104. The highest BCUT2D eigenvalue weighted by Gasteiger charge is 1.94. The van der Waals surface area contributed by atoms with Crippen molar-refractivity contribution in [1.29, 1.82) is 5.26 Å². The standard InChI is InChI=1S/C11H9NO/c1-9(6-7-13)11-4-2-10(8-12)3-5-11/h2-7H,1H3/b9-6-. The van der Waals surface area contributed by atoms with Gasteiger partial charge in [-0.25, -0.2) is 0 Å². The van der Waals surface area contributed by atoms with E-state index in [4.69, 9.17) is 5.26 Å². The highest BCUT2D eigenvalue weighted by Crippen LogP contribution is 2.13. The Hall–Kier alpha value is -1.88. The van der Waals surface area contributed by atoms with Gasteiger partial charge in [-0.15, -0.1) is 0 Å². The number of carbonyl (C=O) groups is 1. The van der Waals surface area contributed by atoms with Crippen LogP contribution < -0.4 is 0 Å². The molecule has 13 heavy (non-hydrogen) atoms. The Labute approximate surface area is 77.1 Å². The molecule has 0 saturated carbocycles. The van der Waals surface area contributed by atoms with E-state index in [1.165, 1.54) is 6.08 Å². The van der Waals surface area contributed by atoms with Crippen molar-refractivity contribution in [3.8, 4) is 6.07 Å². The minimum atomic E-state index is 0.627. The summed E-state index contributed by atoms with van der Waals surface area (Å²) in [5.74, 6) is 0. The first-order chi connectivity index (χ1) is 6.27. The molecule has 0 atom stereocenters. The van der Waals surface area contributed by atoms with Gasteiger partial charge in [-0.2, -0.15) is 5.26 Å². The van der Waals surface area contributed by atoms with E-state index in [1.54, 1.807) is 12.1 Å². The first-order valence-electron chi connectivity index (χ1n) is 3.90. The molecule has 0 amide bonds. The molecule has 0 spiro atoms. The summed E-state index contributed by atoms with van der Waals surface area (Å²) in [5, 5.41) is 8.55. The van der Waals surface area contributed by atoms with Gasteiger partial charge >= 0.3 is 0 Å². The molecule has 0 aromatic heterocycles. The molecule has 0 radical (unpaired) electrons. The molecule has 1 rings (SSSR count). The van der Waals surface area contributed by atoms with E-state index in [0.717, 1.165) is 17.4 Å². The number of allylic oxidation sites excluding steroid dienone is 2. The molecule has 2 nitrogen and oxygen atoms in total. The number of hydrogen-bond acceptors (Lipinski definition) is 2. The van der Waals surface area contributed by atoms with Crippen molar-refractivity contribution in [2.45, 2.75) is 6.92 Å². The number of nitriles is 1. The Bertz CT molecular complexity index is 368. The van der Waals surface area contributed by atoms with Crippen LogP contribution in [0.25, 0.3) is 5.57 Å². The van der Waals surface area contributed by atoms with Crippen molar-refractivity contribution in [2.24, 2.45) is 0 Å². The van der Waals surface area contributed by atoms with E-state index < -0.39 is 0 Å². The number of nitrogens with zero attached hydrogens (tertiary/aromatic N) is 1. The van der Waals surface area contributed by atoms with Gasteiger partial charge in [-0.1, -0.05) is 12.1 Å². The molecule has 0 heterocycles. The lowest BCUT2D eigenvalue weighted by Crippen LogP contribution is -1.81. The van der Waals surface area contributed by atoms with Crippen LogP contribution in [0, 0.1) is 11.3 Å². The molecular formula is C11H9NO. The van der Waals surface area contributed by atoms with Crippen molar-refractivity contribution in [3.63, 3.8) is 0 Å². The van der Waals surface area contributed by atoms with Crippen LogP contribution in [-0.4, -0.2) is 6.29 Å². The van der Waals surface area contributed by atoms with Crippen LogP contribution in [0.15, 0.2) is 30.3 Å². The topological polar surface area (TPSA) is 40.9 Å². The molecule has 0 aliphatic carbocycles.